The Morgan fingerprint density at radius 2 is 2.15 bits per heavy atom. The fourth-order valence-electron chi connectivity index (χ4n) is 3.30. The van der Waals surface area contributed by atoms with E-state index in [4.69, 9.17) is 7.48 Å². The number of halogens is 1. The molecule has 2 aromatic carbocycles. The lowest BCUT2D eigenvalue weighted by Crippen LogP contribution is -2.11. The van der Waals surface area contributed by atoms with E-state index in [-0.39, 0.29) is 18.0 Å². The van der Waals surface area contributed by atoms with Crippen LogP contribution >= 0.6 is 0 Å². The molecule has 0 saturated heterocycles. The molecular formula is C26H27FN4O2. The van der Waals surface area contributed by atoms with Crippen LogP contribution in [0.4, 0.5) is 15.8 Å². The Kier molecular flexibility index (Phi) is 6.85. The Morgan fingerprint density at radius 1 is 1.36 bits per heavy atom. The van der Waals surface area contributed by atoms with Gasteiger partial charge in [-0.1, -0.05) is 6.08 Å². The van der Waals surface area contributed by atoms with Crippen LogP contribution in [0.25, 0.3) is 10.9 Å². The Hall–Kier alpha value is -3.76. The molecule has 0 amide bonds. The number of hydrogen-bond donors (Lipinski definition) is 1. The van der Waals surface area contributed by atoms with E-state index in [2.05, 4.69) is 16.4 Å². The zero-order valence-corrected chi connectivity index (χ0v) is 19.1. The quantitative estimate of drug-likeness (QED) is 0.468. The highest BCUT2D eigenvalue weighted by molar-refractivity contribution is 5.98. The van der Waals surface area contributed by atoms with Crippen LogP contribution in [-0.4, -0.2) is 42.9 Å². The number of anilines is 2. The minimum atomic E-state index is -1.77. The molecule has 0 fully saturated rings. The number of nitriles is 1. The van der Waals surface area contributed by atoms with Crippen molar-refractivity contribution in [2.75, 3.05) is 32.5 Å². The number of nitrogens with zero attached hydrogens (tertiary/aromatic N) is 3. The Balaban J connectivity index is 2.07. The highest BCUT2D eigenvalue weighted by Crippen LogP contribution is 2.34. The van der Waals surface area contributed by atoms with Gasteiger partial charge in [-0.25, -0.2) is 4.39 Å². The van der Waals surface area contributed by atoms with Crippen molar-refractivity contribution >= 4 is 28.1 Å². The fourth-order valence-corrected chi connectivity index (χ4v) is 3.30. The molecular weight excluding hydrogens is 419 g/mol. The molecule has 7 heteroatoms. The number of rotatable bonds is 9. The van der Waals surface area contributed by atoms with Gasteiger partial charge in [0.2, 0.25) is 0 Å². The minimum absolute atomic E-state index is 0.0306. The predicted octanol–water partition coefficient (Wildman–Crippen LogP) is 4.93. The van der Waals surface area contributed by atoms with Crippen molar-refractivity contribution in [2.45, 2.75) is 20.3 Å². The third-order valence-electron chi connectivity index (χ3n) is 4.86. The maximum Gasteiger partial charge on any atom is 0.159 e. The zero-order chi connectivity index (χ0) is 25.8. The van der Waals surface area contributed by atoms with Gasteiger partial charge in [0, 0.05) is 44.6 Å². The predicted molar refractivity (Wildman–Crippen MR) is 128 cm³/mol. The topological polar surface area (TPSA) is 78.2 Å². The Morgan fingerprint density at radius 3 is 2.82 bits per heavy atom. The van der Waals surface area contributed by atoms with E-state index in [1.54, 1.807) is 45.3 Å². The summed E-state index contributed by atoms with van der Waals surface area (Å²) in [5, 5.41) is 13.5. The summed E-state index contributed by atoms with van der Waals surface area (Å²) >= 11 is 0. The van der Waals surface area contributed by atoms with Crippen molar-refractivity contribution < 1.29 is 16.7 Å². The number of aromatic nitrogens is 1. The van der Waals surface area contributed by atoms with Gasteiger partial charge < -0.3 is 15.0 Å². The number of ether oxygens (including phenoxy) is 1. The van der Waals surface area contributed by atoms with E-state index < -0.39 is 6.50 Å². The molecule has 0 radical (unpaired) electrons. The second-order valence-electron chi connectivity index (χ2n) is 7.66. The summed E-state index contributed by atoms with van der Waals surface area (Å²) < 4.78 is 35.4. The first-order valence-electron chi connectivity index (χ1n) is 11.5. The van der Waals surface area contributed by atoms with Gasteiger partial charge in [0.1, 0.15) is 17.6 Å². The molecule has 0 unspecified atom stereocenters. The summed E-state index contributed by atoms with van der Waals surface area (Å²) in [5.74, 6) is -0.147. The highest BCUT2D eigenvalue weighted by atomic mass is 19.1. The third-order valence-corrected chi connectivity index (χ3v) is 4.86. The number of carbonyl (C=O) groups is 1. The van der Waals surface area contributed by atoms with Crippen molar-refractivity contribution in [2.24, 2.45) is 0 Å². The van der Waals surface area contributed by atoms with Crippen molar-refractivity contribution in [3.8, 4) is 11.8 Å². The second-order valence-corrected chi connectivity index (χ2v) is 7.66. The van der Waals surface area contributed by atoms with Crippen LogP contribution < -0.4 is 10.1 Å². The average molecular weight is 449 g/mol. The first kappa shape index (κ1) is 21.1. The van der Waals surface area contributed by atoms with E-state index in [0.717, 1.165) is 0 Å². The molecule has 1 N–H and O–H groups in total. The molecule has 1 heterocycles. The standard InChI is InChI=1S/C26H27FN4O2/c1-5-33-25-14-24-22(13-18(25)12-21(32)7-6-10-31(3)4)26(19(15-28)16-29-24)30-20-8-9-23(27)17(2)11-20/h6-9,11,13-14,16H,5,10,12H2,1-4H3,(H,29,30)/b7-6+/i10D2. The summed E-state index contributed by atoms with van der Waals surface area (Å²) in [6, 6.07) is 10.2. The molecule has 33 heavy (non-hydrogen) atoms. The van der Waals surface area contributed by atoms with Crippen LogP contribution in [0.5, 0.6) is 5.75 Å². The van der Waals surface area contributed by atoms with E-state index in [0.29, 0.717) is 51.3 Å². The molecule has 0 saturated carbocycles. The summed E-state index contributed by atoms with van der Waals surface area (Å²) in [6.07, 6.45) is 3.87. The second kappa shape index (κ2) is 10.7. The largest absolute Gasteiger partial charge is 0.494 e. The van der Waals surface area contributed by atoms with Crippen LogP contribution in [0.3, 0.4) is 0 Å². The Labute approximate surface area is 196 Å². The molecule has 170 valence electrons. The van der Waals surface area contributed by atoms with Crippen LogP contribution in [0.2, 0.25) is 0 Å². The van der Waals surface area contributed by atoms with Crippen molar-refractivity contribution in [1.82, 2.24) is 9.88 Å². The first-order chi connectivity index (χ1) is 16.6. The van der Waals surface area contributed by atoms with Gasteiger partial charge in [-0.15, -0.1) is 0 Å². The lowest BCUT2D eigenvalue weighted by Gasteiger charge is -2.15. The van der Waals surface area contributed by atoms with Crippen molar-refractivity contribution in [3.63, 3.8) is 0 Å². The smallest absolute Gasteiger partial charge is 0.159 e. The number of benzene rings is 2. The number of carbonyl (C=O) groups excluding carboxylic acids is 1. The molecule has 0 aliphatic carbocycles. The van der Waals surface area contributed by atoms with E-state index in [1.165, 1.54) is 29.3 Å². The van der Waals surface area contributed by atoms with Gasteiger partial charge >= 0.3 is 0 Å². The molecule has 6 nitrogen and oxygen atoms in total. The maximum absolute atomic E-state index is 13.7. The number of nitrogens with one attached hydrogen (secondary N) is 1. The molecule has 0 atom stereocenters. The summed E-state index contributed by atoms with van der Waals surface area (Å²) in [7, 11) is 3.17. The van der Waals surface area contributed by atoms with Crippen LogP contribution in [0, 0.1) is 24.1 Å². The average Bonchev–Trinajstić information content (AvgIpc) is 2.81. The summed E-state index contributed by atoms with van der Waals surface area (Å²) in [5.41, 5.74) is 2.98. The molecule has 0 aliphatic heterocycles. The Bertz CT molecular complexity index is 1330. The number of hydrogen-bond acceptors (Lipinski definition) is 6. The third kappa shape index (κ3) is 5.93. The van der Waals surface area contributed by atoms with Gasteiger partial charge in [0.05, 0.1) is 23.4 Å². The van der Waals surface area contributed by atoms with E-state index in [9.17, 15) is 14.4 Å². The normalized spacial score (nSPS) is 12.5. The number of pyridine rings is 1. The van der Waals surface area contributed by atoms with Gasteiger partial charge in [-0.2, -0.15) is 5.26 Å². The molecule has 0 bridgehead atoms. The number of aryl methyl sites for hydroxylation is 1. The van der Waals surface area contributed by atoms with Crippen molar-refractivity contribution in [1.29, 1.82) is 5.26 Å². The minimum Gasteiger partial charge on any atom is -0.494 e. The molecule has 1 aromatic heterocycles. The lowest BCUT2D eigenvalue weighted by atomic mass is 10.0. The molecule has 3 aromatic rings. The van der Waals surface area contributed by atoms with E-state index >= 15 is 0 Å². The number of likely N-dealkylation sites (N-methyl/N-ethyl adjacent to an activating group) is 1. The van der Waals surface area contributed by atoms with Gasteiger partial charge in [-0.05, 0) is 63.8 Å². The van der Waals surface area contributed by atoms with E-state index in [1.807, 2.05) is 6.92 Å². The highest BCUT2D eigenvalue weighted by Gasteiger charge is 2.16. The van der Waals surface area contributed by atoms with Crippen LogP contribution in [-0.2, 0) is 11.2 Å². The van der Waals surface area contributed by atoms with Crippen LogP contribution in [0.15, 0.2) is 48.7 Å². The monoisotopic (exact) mass is 448 g/mol. The fraction of sp³-hybridized carbons (Fsp3) is 0.269. The molecule has 3 rings (SSSR count). The number of ketones is 1. The first-order valence-corrected chi connectivity index (χ1v) is 10.5. The molecule has 0 aliphatic rings. The number of fused-ring (bicyclic) bond motifs is 1. The zero-order valence-electron chi connectivity index (χ0n) is 21.1. The molecule has 0 spiro atoms. The van der Waals surface area contributed by atoms with Gasteiger partial charge in [-0.3, -0.25) is 9.78 Å². The maximum atomic E-state index is 13.7. The lowest BCUT2D eigenvalue weighted by molar-refractivity contribution is -0.114. The van der Waals surface area contributed by atoms with Crippen molar-refractivity contribution in [3.05, 3.63) is 71.2 Å². The summed E-state index contributed by atoms with van der Waals surface area (Å²) in [6.45, 7) is 2.10. The van der Waals surface area contributed by atoms with Gasteiger partial charge in [0.15, 0.2) is 5.78 Å². The van der Waals surface area contributed by atoms with Crippen LogP contribution in [0.1, 0.15) is 26.4 Å². The number of allylic oxidation sites excluding steroid dienone is 1. The van der Waals surface area contributed by atoms with Gasteiger partial charge in [0.25, 0.3) is 0 Å². The SMILES string of the molecule is [2H]C([2H])(/C=C/C(=O)Cc1cc2c(Nc3ccc(F)c(C)c3)c(C#N)cnc2cc1OCC)N(C)C. The summed E-state index contributed by atoms with van der Waals surface area (Å²) in [4.78, 5) is 18.4.